The summed E-state index contributed by atoms with van der Waals surface area (Å²) in [6.07, 6.45) is 0. The van der Waals surface area contributed by atoms with Gasteiger partial charge in [-0.1, -0.05) is 30.3 Å². The van der Waals surface area contributed by atoms with Crippen LogP contribution in [0.1, 0.15) is 23.6 Å². The van der Waals surface area contributed by atoms with Crippen LogP contribution in [-0.2, 0) is 13.1 Å². The zero-order chi connectivity index (χ0) is 17.4. The molecule has 128 valence electrons. The third-order valence-corrected chi connectivity index (χ3v) is 3.69. The summed E-state index contributed by atoms with van der Waals surface area (Å²) >= 11 is 0. The standard InChI is InChI=1S/C19H24FN3O/c1-4-24-18-10-9-15(11-17(18)20)12-22-19(21-3)23-13-16-8-6-5-7-14(16)2/h5-11H,4,12-13H2,1-3H3,(H2,21,22,23). The molecule has 2 N–H and O–H groups in total. The van der Waals surface area contributed by atoms with Crippen LogP contribution in [0.25, 0.3) is 0 Å². The second-order valence-corrected chi connectivity index (χ2v) is 5.40. The van der Waals surface area contributed by atoms with Gasteiger partial charge in [-0.3, -0.25) is 4.99 Å². The van der Waals surface area contributed by atoms with Crippen LogP contribution in [-0.4, -0.2) is 19.6 Å². The van der Waals surface area contributed by atoms with E-state index < -0.39 is 0 Å². The van der Waals surface area contributed by atoms with Crippen LogP contribution in [0.5, 0.6) is 5.75 Å². The second-order valence-electron chi connectivity index (χ2n) is 5.40. The number of ether oxygens (including phenoxy) is 1. The van der Waals surface area contributed by atoms with E-state index >= 15 is 0 Å². The van der Waals surface area contributed by atoms with E-state index in [2.05, 4.69) is 34.7 Å². The van der Waals surface area contributed by atoms with Gasteiger partial charge in [-0.15, -0.1) is 0 Å². The molecule has 0 saturated heterocycles. The van der Waals surface area contributed by atoms with E-state index in [1.54, 1.807) is 13.1 Å². The van der Waals surface area contributed by atoms with E-state index in [4.69, 9.17) is 4.74 Å². The SMILES string of the molecule is CCOc1ccc(CNC(=NC)NCc2ccccc2C)cc1F. The van der Waals surface area contributed by atoms with Crippen molar-refractivity contribution < 1.29 is 9.13 Å². The number of hydrogen-bond donors (Lipinski definition) is 2. The summed E-state index contributed by atoms with van der Waals surface area (Å²) < 4.78 is 19.1. The molecule has 2 rings (SSSR count). The molecule has 0 atom stereocenters. The summed E-state index contributed by atoms with van der Waals surface area (Å²) in [6, 6.07) is 13.2. The van der Waals surface area contributed by atoms with Gasteiger partial charge < -0.3 is 15.4 Å². The molecule has 2 aromatic carbocycles. The minimum Gasteiger partial charge on any atom is -0.491 e. The number of benzene rings is 2. The van der Waals surface area contributed by atoms with Gasteiger partial charge in [0.25, 0.3) is 0 Å². The highest BCUT2D eigenvalue weighted by Gasteiger charge is 2.05. The van der Waals surface area contributed by atoms with Crippen molar-refractivity contribution in [1.29, 1.82) is 0 Å². The highest BCUT2D eigenvalue weighted by molar-refractivity contribution is 5.79. The maximum atomic E-state index is 13.9. The largest absolute Gasteiger partial charge is 0.491 e. The van der Waals surface area contributed by atoms with Crippen LogP contribution in [0.2, 0.25) is 0 Å². The molecule has 0 aromatic heterocycles. The molecule has 0 aliphatic heterocycles. The molecule has 0 saturated carbocycles. The van der Waals surface area contributed by atoms with Crippen molar-refractivity contribution in [2.45, 2.75) is 26.9 Å². The van der Waals surface area contributed by atoms with E-state index in [-0.39, 0.29) is 11.6 Å². The van der Waals surface area contributed by atoms with Crippen molar-refractivity contribution in [2.24, 2.45) is 4.99 Å². The Kier molecular flexibility index (Phi) is 6.61. The van der Waals surface area contributed by atoms with E-state index in [0.717, 1.165) is 5.56 Å². The Bertz CT molecular complexity index is 701. The fourth-order valence-electron chi connectivity index (χ4n) is 2.32. The van der Waals surface area contributed by atoms with Crippen molar-refractivity contribution >= 4 is 5.96 Å². The van der Waals surface area contributed by atoms with Crippen molar-refractivity contribution in [2.75, 3.05) is 13.7 Å². The molecule has 0 bridgehead atoms. The molecule has 0 radical (unpaired) electrons. The molecule has 5 heteroatoms. The second kappa shape index (κ2) is 8.91. The highest BCUT2D eigenvalue weighted by Crippen LogP contribution is 2.18. The van der Waals surface area contributed by atoms with Gasteiger partial charge in [0.15, 0.2) is 17.5 Å². The van der Waals surface area contributed by atoms with E-state index in [1.165, 1.54) is 17.2 Å². The Morgan fingerprint density at radius 2 is 1.88 bits per heavy atom. The fourth-order valence-corrected chi connectivity index (χ4v) is 2.32. The number of aryl methyl sites for hydroxylation is 1. The molecular formula is C19H24FN3O. The van der Waals surface area contributed by atoms with Gasteiger partial charge in [-0.25, -0.2) is 4.39 Å². The van der Waals surface area contributed by atoms with Crippen LogP contribution in [0.4, 0.5) is 4.39 Å². The van der Waals surface area contributed by atoms with Crippen LogP contribution >= 0.6 is 0 Å². The van der Waals surface area contributed by atoms with Crippen molar-refractivity contribution in [1.82, 2.24) is 10.6 Å². The third kappa shape index (κ3) is 4.98. The molecule has 24 heavy (non-hydrogen) atoms. The van der Waals surface area contributed by atoms with Gasteiger partial charge >= 0.3 is 0 Å². The lowest BCUT2D eigenvalue weighted by molar-refractivity contribution is 0.321. The molecule has 0 aliphatic carbocycles. The van der Waals surface area contributed by atoms with Crippen LogP contribution in [0, 0.1) is 12.7 Å². The molecule has 0 fully saturated rings. The molecular weight excluding hydrogens is 305 g/mol. The Morgan fingerprint density at radius 3 is 2.54 bits per heavy atom. The molecule has 0 heterocycles. The number of halogens is 1. The first-order chi connectivity index (χ1) is 11.6. The zero-order valence-corrected chi connectivity index (χ0v) is 14.4. The smallest absolute Gasteiger partial charge is 0.191 e. The van der Waals surface area contributed by atoms with E-state index in [1.807, 2.05) is 25.1 Å². The maximum Gasteiger partial charge on any atom is 0.191 e. The summed E-state index contributed by atoms with van der Waals surface area (Å²) in [5, 5.41) is 6.45. The minimum atomic E-state index is -0.348. The van der Waals surface area contributed by atoms with E-state index in [9.17, 15) is 4.39 Å². The van der Waals surface area contributed by atoms with Crippen molar-refractivity contribution in [3.05, 3.63) is 65.0 Å². The lowest BCUT2D eigenvalue weighted by Crippen LogP contribution is -2.36. The van der Waals surface area contributed by atoms with Gasteiger partial charge in [0.2, 0.25) is 0 Å². The van der Waals surface area contributed by atoms with Gasteiger partial charge in [0, 0.05) is 20.1 Å². The summed E-state index contributed by atoms with van der Waals surface area (Å²) in [5.41, 5.74) is 3.27. The van der Waals surface area contributed by atoms with Crippen molar-refractivity contribution in [3.8, 4) is 5.75 Å². The van der Waals surface area contributed by atoms with Crippen LogP contribution < -0.4 is 15.4 Å². The van der Waals surface area contributed by atoms with Gasteiger partial charge in [0.05, 0.1) is 6.61 Å². The van der Waals surface area contributed by atoms with Crippen LogP contribution in [0.3, 0.4) is 0 Å². The first-order valence-corrected chi connectivity index (χ1v) is 8.04. The fraction of sp³-hybridized carbons (Fsp3) is 0.316. The number of nitrogens with one attached hydrogen (secondary N) is 2. The van der Waals surface area contributed by atoms with Crippen LogP contribution in [0.15, 0.2) is 47.5 Å². The Morgan fingerprint density at radius 1 is 1.12 bits per heavy atom. The number of guanidine groups is 1. The molecule has 2 aromatic rings. The molecule has 4 nitrogen and oxygen atoms in total. The minimum absolute atomic E-state index is 0.281. The monoisotopic (exact) mass is 329 g/mol. The predicted molar refractivity (Wildman–Crippen MR) is 95.8 cm³/mol. The number of rotatable bonds is 6. The average molecular weight is 329 g/mol. The first kappa shape index (κ1) is 17.8. The van der Waals surface area contributed by atoms with E-state index in [0.29, 0.717) is 25.7 Å². The van der Waals surface area contributed by atoms with Gasteiger partial charge in [-0.05, 0) is 42.7 Å². The zero-order valence-electron chi connectivity index (χ0n) is 14.4. The lowest BCUT2D eigenvalue weighted by atomic mass is 10.1. The topological polar surface area (TPSA) is 45.6 Å². The lowest BCUT2D eigenvalue weighted by Gasteiger charge is -2.13. The third-order valence-electron chi connectivity index (χ3n) is 3.69. The Labute approximate surface area is 142 Å². The van der Waals surface area contributed by atoms with Gasteiger partial charge in [-0.2, -0.15) is 0 Å². The summed E-state index contributed by atoms with van der Waals surface area (Å²) in [7, 11) is 1.71. The number of hydrogen-bond acceptors (Lipinski definition) is 2. The molecule has 0 aliphatic rings. The first-order valence-electron chi connectivity index (χ1n) is 8.04. The van der Waals surface area contributed by atoms with Crippen molar-refractivity contribution in [3.63, 3.8) is 0 Å². The summed E-state index contributed by atoms with van der Waals surface area (Å²) in [5.74, 6) is 0.606. The molecule has 0 unspecified atom stereocenters. The number of aliphatic imine (C=N–C) groups is 1. The predicted octanol–water partition coefficient (Wildman–Crippen LogP) is 3.40. The quantitative estimate of drug-likeness (QED) is 0.631. The highest BCUT2D eigenvalue weighted by atomic mass is 19.1. The Hall–Kier alpha value is -2.56. The van der Waals surface area contributed by atoms with Gasteiger partial charge in [0.1, 0.15) is 0 Å². The molecule has 0 spiro atoms. The molecule has 0 amide bonds. The average Bonchev–Trinajstić information content (AvgIpc) is 2.59. The summed E-state index contributed by atoms with van der Waals surface area (Å²) in [6.45, 7) is 5.53. The summed E-state index contributed by atoms with van der Waals surface area (Å²) in [4.78, 5) is 4.19. The normalized spacial score (nSPS) is 11.2. The maximum absolute atomic E-state index is 13.9. The number of nitrogens with zero attached hydrogens (tertiary/aromatic N) is 1. The Balaban J connectivity index is 1.90.